The van der Waals surface area contributed by atoms with Crippen molar-refractivity contribution < 1.29 is 27.8 Å². The second kappa shape index (κ2) is 12.2. The number of imidazole rings is 1. The van der Waals surface area contributed by atoms with Gasteiger partial charge in [-0.1, -0.05) is 36.9 Å². The van der Waals surface area contributed by atoms with E-state index in [0.29, 0.717) is 23.5 Å². The summed E-state index contributed by atoms with van der Waals surface area (Å²) in [6.07, 6.45) is 0.615. The predicted molar refractivity (Wildman–Crippen MR) is 132 cm³/mol. The first-order valence-corrected chi connectivity index (χ1v) is 11.8. The number of para-hydroxylation sites is 1. The summed E-state index contributed by atoms with van der Waals surface area (Å²) in [5.74, 6) is -0.939. The van der Waals surface area contributed by atoms with E-state index in [4.69, 9.17) is 32.0 Å². The Balaban J connectivity index is 0.000000479. The minimum atomic E-state index is -5.08. The molecule has 2 heterocycles. The van der Waals surface area contributed by atoms with Crippen molar-refractivity contribution in [3.8, 4) is 0 Å². The Morgan fingerprint density at radius 3 is 2.51 bits per heavy atom. The molecule has 1 aliphatic carbocycles. The highest BCUT2D eigenvalue weighted by Crippen LogP contribution is 2.25. The number of aliphatic carboxylic acids is 1. The first kappa shape index (κ1) is 28.2. The van der Waals surface area contributed by atoms with Gasteiger partial charge in [0.15, 0.2) is 0 Å². The van der Waals surface area contributed by atoms with E-state index >= 15 is 0 Å². The number of hydrogen-bond acceptors (Lipinski definition) is 9. The van der Waals surface area contributed by atoms with Gasteiger partial charge in [-0.05, 0) is 25.0 Å². The van der Waals surface area contributed by atoms with Gasteiger partial charge in [-0.25, -0.2) is 9.78 Å². The Kier molecular flexibility index (Phi) is 9.32. The van der Waals surface area contributed by atoms with E-state index in [0.717, 1.165) is 36.1 Å². The number of nitrogens with two attached hydrogens (primary N) is 1. The highest BCUT2D eigenvalue weighted by molar-refractivity contribution is 6.35. The predicted octanol–water partition coefficient (Wildman–Crippen LogP) is 4.00. The smallest absolute Gasteiger partial charge is 0.475 e. The lowest BCUT2D eigenvalue weighted by Crippen LogP contribution is -2.35. The van der Waals surface area contributed by atoms with Gasteiger partial charge in [0, 0.05) is 14.2 Å². The molecule has 1 fully saturated rings. The minimum Gasteiger partial charge on any atom is -0.475 e. The summed E-state index contributed by atoms with van der Waals surface area (Å²) in [5, 5.41) is 14.4. The Morgan fingerprint density at radius 2 is 1.86 bits per heavy atom. The van der Waals surface area contributed by atoms with Gasteiger partial charge in [0.05, 0.1) is 34.7 Å². The number of nitrogen functional groups attached to an aromatic ring is 1. The van der Waals surface area contributed by atoms with Crippen molar-refractivity contribution in [3.63, 3.8) is 0 Å². The molecule has 1 saturated carbocycles. The molecule has 1 aliphatic rings. The number of aromatic nitrogens is 5. The molecule has 202 valence electrons. The minimum absolute atomic E-state index is 0.131. The number of alkyl halides is 3. The number of methoxy groups -OCH3 is 1. The number of rotatable bonds is 6. The van der Waals surface area contributed by atoms with Crippen LogP contribution in [0.3, 0.4) is 0 Å². The third-order valence-corrected chi connectivity index (χ3v) is 6.11. The van der Waals surface area contributed by atoms with Crippen molar-refractivity contribution in [3.05, 3.63) is 29.0 Å². The molecule has 11 nitrogen and oxygen atoms in total. The molecule has 5 N–H and O–H groups in total. The molecule has 2 atom stereocenters. The van der Waals surface area contributed by atoms with Crippen LogP contribution in [0.4, 0.5) is 31.0 Å². The molecule has 37 heavy (non-hydrogen) atoms. The highest BCUT2D eigenvalue weighted by Gasteiger charge is 2.38. The molecule has 15 heteroatoms. The molecule has 0 spiro atoms. The van der Waals surface area contributed by atoms with E-state index in [2.05, 4.69) is 30.6 Å². The average Bonchev–Trinajstić information content (AvgIpc) is 2.99. The first-order chi connectivity index (χ1) is 17.5. The SMILES string of the molecule is CO[C@@H]1CCCCC[C@H]1Nc1nc(N)nc(NCc2nc3cccc(Cl)c3n2C)n1.O=C(O)C(F)(F)F. The fourth-order valence-corrected chi connectivity index (χ4v) is 4.30. The number of hydrogen-bond donors (Lipinski definition) is 4. The van der Waals surface area contributed by atoms with E-state index < -0.39 is 12.1 Å². The Labute approximate surface area is 215 Å². The molecule has 3 aromatic rings. The number of ether oxygens (including phenoxy) is 1. The van der Waals surface area contributed by atoms with Crippen LogP contribution in [0.5, 0.6) is 0 Å². The number of nitrogens with one attached hydrogen (secondary N) is 2. The maximum absolute atomic E-state index is 10.6. The molecule has 0 aliphatic heterocycles. The summed E-state index contributed by atoms with van der Waals surface area (Å²) in [7, 11) is 3.69. The molecule has 0 unspecified atom stereocenters. The zero-order chi connectivity index (χ0) is 27.2. The number of benzene rings is 1. The van der Waals surface area contributed by atoms with Crippen molar-refractivity contribution in [1.82, 2.24) is 24.5 Å². The maximum Gasteiger partial charge on any atom is 0.490 e. The topological polar surface area (TPSA) is 153 Å². The van der Waals surface area contributed by atoms with E-state index in [1.807, 2.05) is 29.8 Å². The standard InChI is InChI=1S/C20H27ClN8O.C2HF3O2/c1-29-16(24-14-9-6-7-12(21)17(14)29)11-23-19-26-18(22)27-20(28-19)25-13-8-4-3-5-10-15(13)30-2;3-2(4,5)1(6)7/h6-7,9,13,15H,3-5,8,10-11H2,1-2H3,(H4,22,23,25,26,27,28);(H,6,7)/t13-,15-;/m1./s1. The van der Waals surface area contributed by atoms with Crippen LogP contribution in [0, 0.1) is 0 Å². The molecule has 2 aromatic heterocycles. The summed E-state index contributed by atoms with van der Waals surface area (Å²) in [6.45, 7) is 0.425. The number of carboxylic acids is 1. The summed E-state index contributed by atoms with van der Waals surface area (Å²) in [5.41, 5.74) is 7.67. The number of carboxylic acid groups (broad SMARTS) is 1. The maximum atomic E-state index is 10.6. The zero-order valence-electron chi connectivity index (χ0n) is 20.2. The van der Waals surface area contributed by atoms with Crippen LogP contribution in [0.15, 0.2) is 18.2 Å². The lowest BCUT2D eigenvalue weighted by Gasteiger charge is -2.25. The van der Waals surface area contributed by atoms with E-state index in [1.54, 1.807) is 7.11 Å². The second-order valence-corrected chi connectivity index (χ2v) is 8.76. The molecular weight excluding hydrogens is 517 g/mol. The zero-order valence-corrected chi connectivity index (χ0v) is 21.0. The van der Waals surface area contributed by atoms with Gasteiger partial charge < -0.3 is 30.8 Å². The van der Waals surface area contributed by atoms with Gasteiger partial charge in [-0.3, -0.25) is 0 Å². The quantitative estimate of drug-likeness (QED) is 0.335. The Morgan fingerprint density at radius 1 is 1.19 bits per heavy atom. The van der Waals surface area contributed by atoms with Crippen LogP contribution in [0.2, 0.25) is 5.02 Å². The number of aryl methyl sites for hydroxylation is 1. The normalized spacial score (nSPS) is 18.0. The van der Waals surface area contributed by atoms with E-state index in [-0.39, 0.29) is 18.1 Å². The first-order valence-electron chi connectivity index (χ1n) is 11.4. The number of anilines is 3. The van der Waals surface area contributed by atoms with Gasteiger partial charge in [-0.15, -0.1) is 0 Å². The van der Waals surface area contributed by atoms with Crippen molar-refractivity contribution in [1.29, 1.82) is 0 Å². The van der Waals surface area contributed by atoms with E-state index in [9.17, 15) is 13.2 Å². The molecule has 0 amide bonds. The van der Waals surface area contributed by atoms with E-state index in [1.165, 1.54) is 12.8 Å². The Bertz CT molecular complexity index is 1220. The van der Waals surface area contributed by atoms with Crippen molar-refractivity contribution in [2.45, 2.75) is 57.0 Å². The number of carbonyl (C=O) groups is 1. The van der Waals surface area contributed by atoms with Gasteiger partial charge in [0.1, 0.15) is 5.82 Å². The number of nitrogens with zero attached hydrogens (tertiary/aromatic N) is 5. The largest absolute Gasteiger partial charge is 0.490 e. The molecular formula is C22H28ClF3N8O3. The van der Waals surface area contributed by atoms with Crippen LogP contribution >= 0.6 is 11.6 Å². The van der Waals surface area contributed by atoms with Crippen molar-refractivity contribution in [2.75, 3.05) is 23.5 Å². The third kappa shape index (κ3) is 7.55. The number of fused-ring (bicyclic) bond motifs is 1. The van der Waals surface area contributed by atoms with Crippen LogP contribution < -0.4 is 16.4 Å². The molecule has 1 aromatic carbocycles. The van der Waals surface area contributed by atoms with Crippen molar-refractivity contribution in [2.24, 2.45) is 7.05 Å². The third-order valence-electron chi connectivity index (χ3n) is 5.81. The molecule has 0 saturated heterocycles. The fraction of sp³-hybridized carbons (Fsp3) is 0.500. The monoisotopic (exact) mass is 544 g/mol. The summed E-state index contributed by atoms with van der Waals surface area (Å²) >= 11 is 6.31. The Hall–Kier alpha value is -3.39. The van der Waals surface area contributed by atoms with Gasteiger partial charge in [0.2, 0.25) is 17.8 Å². The van der Waals surface area contributed by atoms with Crippen LogP contribution in [-0.4, -0.2) is 61.0 Å². The lowest BCUT2D eigenvalue weighted by molar-refractivity contribution is -0.192. The summed E-state index contributed by atoms with van der Waals surface area (Å²) in [6, 6.07) is 5.83. The highest BCUT2D eigenvalue weighted by atomic mass is 35.5. The van der Waals surface area contributed by atoms with Gasteiger partial charge >= 0.3 is 12.1 Å². The molecule has 0 radical (unpaired) electrons. The molecule has 4 rings (SSSR count). The van der Waals surface area contributed by atoms with Crippen LogP contribution in [0.25, 0.3) is 11.0 Å². The second-order valence-electron chi connectivity index (χ2n) is 8.35. The van der Waals surface area contributed by atoms with Gasteiger partial charge in [-0.2, -0.15) is 28.1 Å². The number of halogens is 4. The van der Waals surface area contributed by atoms with Gasteiger partial charge in [0.25, 0.3) is 0 Å². The van der Waals surface area contributed by atoms with Crippen molar-refractivity contribution >= 4 is 46.4 Å². The molecule has 0 bridgehead atoms. The summed E-state index contributed by atoms with van der Waals surface area (Å²) < 4.78 is 39.4. The van der Waals surface area contributed by atoms with Crippen LogP contribution in [-0.2, 0) is 23.1 Å². The lowest BCUT2D eigenvalue weighted by atomic mass is 10.1. The average molecular weight is 545 g/mol. The van der Waals surface area contributed by atoms with Crippen LogP contribution in [0.1, 0.15) is 37.9 Å². The fourth-order valence-electron chi connectivity index (χ4n) is 4.01. The summed E-state index contributed by atoms with van der Waals surface area (Å²) in [4.78, 5) is 26.5.